The highest BCUT2D eigenvalue weighted by Gasteiger charge is 2.44. The molecule has 3 aliphatic heterocycles. The first kappa shape index (κ1) is 19.7. The van der Waals surface area contributed by atoms with Gasteiger partial charge < -0.3 is 20.9 Å². The number of piperidine rings is 1. The van der Waals surface area contributed by atoms with Crippen LogP contribution in [-0.2, 0) is 11.3 Å². The molecule has 0 aromatic heterocycles. The van der Waals surface area contributed by atoms with Gasteiger partial charge in [0.05, 0.1) is 12.1 Å². The molecule has 0 aliphatic carbocycles. The summed E-state index contributed by atoms with van der Waals surface area (Å²) in [6, 6.07) is 10.1. The lowest BCUT2D eigenvalue weighted by molar-refractivity contribution is -0.122. The highest BCUT2D eigenvalue weighted by molar-refractivity contribution is 5.77. The number of urea groups is 1. The van der Waals surface area contributed by atoms with Gasteiger partial charge in [-0.15, -0.1) is 0 Å². The van der Waals surface area contributed by atoms with Crippen molar-refractivity contribution in [2.24, 2.45) is 0 Å². The molecule has 3 amide bonds. The molecular formula is C21H30N6O2. The third-order valence-corrected chi connectivity index (χ3v) is 6.09. The van der Waals surface area contributed by atoms with Crippen LogP contribution in [0, 0.1) is 0 Å². The summed E-state index contributed by atoms with van der Waals surface area (Å²) < 4.78 is 0. The number of hydrogen-bond acceptors (Lipinski definition) is 5. The summed E-state index contributed by atoms with van der Waals surface area (Å²) in [6.45, 7) is 6.61. The number of carbonyl (C=O) groups is 2. The molecule has 2 unspecified atom stereocenters. The van der Waals surface area contributed by atoms with Gasteiger partial charge in [0.15, 0.2) is 0 Å². The van der Waals surface area contributed by atoms with E-state index in [-0.39, 0.29) is 29.8 Å². The van der Waals surface area contributed by atoms with Crippen molar-refractivity contribution in [1.82, 2.24) is 31.5 Å². The van der Waals surface area contributed by atoms with Gasteiger partial charge in [0.25, 0.3) is 0 Å². The molecule has 0 spiro atoms. The molecule has 29 heavy (non-hydrogen) atoms. The molecule has 5 N–H and O–H groups in total. The fraction of sp³-hybridized carbons (Fsp3) is 0.524. The Morgan fingerprint density at radius 3 is 2.79 bits per heavy atom. The summed E-state index contributed by atoms with van der Waals surface area (Å²) in [5.41, 5.74) is 3.03. The first-order valence-corrected chi connectivity index (χ1v) is 10.3. The Morgan fingerprint density at radius 1 is 1.28 bits per heavy atom. The summed E-state index contributed by atoms with van der Waals surface area (Å²) >= 11 is 0. The molecule has 3 aliphatic rings. The predicted octanol–water partition coefficient (Wildman–Crippen LogP) is 0.589. The van der Waals surface area contributed by atoms with E-state index in [0.717, 1.165) is 17.7 Å². The van der Waals surface area contributed by atoms with Gasteiger partial charge >= 0.3 is 6.03 Å². The molecule has 1 aromatic carbocycles. The monoisotopic (exact) mass is 398 g/mol. The molecule has 4 rings (SSSR count). The van der Waals surface area contributed by atoms with Gasteiger partial charge in [0, 0.05) is 37.8 Å². The van der Waals surface area contributed by atoms with Crippen molar-refractivity contribution in [2.45, 2.75) is 51.1 Å². The predicted molar refractivity (Wildman–Crippen MR) is 111 cm³/mol. The Morgan fingerprint density at radius 2 is 2.07 bits per heavy atom. The van der Waals surface area contributed by atoms with Gasteiger partial charge in [0.1, 0.15) is 6.29 Å². The SMILES string of the molecule is CC1(C)C2=C(CN1C(=O)NCc1ccccc1)NC(NC1CCC(=O)NC1)NC2. The second kappa shape index (κ2) is 8.04. The van der Waals surface area contributed by atoms with Crippen LogP contribution in [0.3, 0.4) is 0 Å². The van der Waals surface area contributed by atoms with Crippen molar-refractivity contribution in [2.75, 3.05) is 19.6 Å². The second-order valence-electron chi connectivity index (χ2n) is 8.41. The molecule has 8 nitrogen and oxygen atoms in total. The van der Waals surface area contributed by atoms with Crippen LogP contribution in [0.5, 0.6) is 0 Å². The van der Waals surface area contributed by atoms with Crippen molar-refractivity contribution >= 4 is 11.9 Å². The zero-order chi connectivity index (χ0) is 20.4. The summed E-state index contributed by atoms with van der Waals surface area (Å²) in [5, 5.41) is 16.4. The van der Waals surface area contributed by atoms with Gasteiger partial charge in [-0.2, -0.15) is 0 Å². The highest BCUT2D eigenvalue weighted by atomic mass is 16.2. The average molecular weight is 399 g/mol. The van der Waals surface area contributed by atoms with E-state index in [1.165, 1.54) is 5.57 Å². The molecule has 1 fully saturated rings. The van der Waals surface area contributed by atoms with Crippen LogP contribution < -0.4 is 26.6 Å². The van der Waals surface area contributed by atoms with E-state index in [1.807, 2.05) is 35.2 Å². The number of amides is 3. The maximum atomic E-state index is 12.9. The largest absolute Gasteiger partial charge is 0.359 e. The summed E-state index contributed by atoms with van der Waals surface area (Å²) in [7, 11) is 0. The topological polar surface area (TPSA) is 97.5 Å². The van der Waals surface area contributed by atoms with Crippen molar-refractivity contribution in [3.63, 3.8) is 0 Å². The molecular weight excluding hydrogens is 368 g/mol. The van der Waals surface area contributed by atoms with Crippen LogP contribution in [0.25, 0.3) is 0 Å². The minimum atomic E-state index is -0.361. The third kappa shape index (κ3) is 4.23. The van der Waals surface area contributed by atoms with Crippen molar-refractivity contribution in [3.05, 3.63) is 47.2 Å². The quantitative estimate of drug-likeness (QED) is 0.512. The minimum Gasteiger partial charge on any atom is -0.359 e. The Kier molecular flexibility index (Phi) is 5.47. The summed E-state index contributed by atoms with van der Waals surface area (Å²) in [6.07, 6.45) is 1.31. The fourth-order valence-corrected chi connectivity index (χ4v) is 4.27. The van der Waals surface area contributed by atoms with Gasteiger partial charge in [0.2, 0.25) is 5.91 Å². The van der Waals surface area contributed by atoms with Crippen LogP contribution in [0.4, 0.5) is 4.79 Å². The number of hydrogen-bond donors (Lipinski definition) is 5. The van der Waals surface area contributed by atoms with E-state index in [4.69, 9.17) is 0 Å². The zero-order valence-electron chi connectivity index (χ0n) is 17.0. The number of carbonyl (C=O) groups excluding carboxylic acids is 2. The van der Waals surface area contributed by atoms with E-state index in [2.05, 4.69) is 40.4 Å². The third-order valence-electron chi connectivity index (χ3n) is 6.09. The van der Waals surface area contributed by atoms with Crippen LogP contribution in [0.1, 0.15) is 32.3 Å². The first-order chi connectivity index (χ1) is 13.9. The van der Waals surface area contributed by atoms with E-state index in [1.54, 1.807) is 0 Å². The lowest BCUT2D eigenvalue weighted by atomic mass is 9.94. The molecule has 0 radical (unpaired) electrons. The van der Waals surface area contributed by atoms with Crippen LogP contribution in [0.2, 0.25) is 0 Å². The van der Waals surface area contributed by atoms with Crippen molar-refractivity contribution in [3.8, 4) is 0 Å². The van der Waals surface area contributed by atoms with Crippen LogP contribution in [-0.4, -0.2) is 54.3 Å². The van der Waals surface area contributed by atoms with Crippen LogP contribution in [0.15, 0.2) is 41.6 Å². The molecule has 1 aromatic rings. The average Bonchev–Trinajstić information content (AvgIpc) is 2.99. The normalized spacial score (nSPS) is 25.9. The molecule has 156 valence electrons. The maximum Gasteiger partial charge on any atom is 0.318 e. The van der Waals surface area contributed by atoms with Crippen molar-refractivity contribution < 1.29 is 9.59 Å². The summed E-state index contributed by atoms with van der Waals surface area (Å²) in [4.78, 5) is 26.1. The number of nitrogens with zero attached hydrogens (tertiary/aromatic N) is 1. The second-order valence-corrected chi connectivity index (χ2v) is 8.41. The smallest absolute Gasteiger partial charge is 0.318 e. The molecule has 0 saturated carbocycles. The Bertz CT molecular complexity index is 797. The van der Waals surface area contributed by atoms with E-state index >= 15 is 0 Å². The molecule has 2 atom stereocenters. The zero-order valence-corrected chi connectivity index (χ0v) is 17.0. The van der Waals surface area contributed by atoms with Gasteiger partial charge in [-0.25, -0.2) is 4.79 Å². The molecule has 0 bridgehead atoms. The van der Waals surface area contributed by atoms with Gasteiger partial charge in [-0.05, 0) is 31.4 Å². The number of nitrogens with one attached hydrogen (secondary N) is 5. The maximum absolute atomic E-state index is 12.9. The Hall–Kier alpha value is -2.58. The lowest BCUT2D eigenvalue weighted by Crippen LogP contribution is -2.61. The number of benzene rings is 1. The minimum absolute atomic E-state index is 0.0606. The summed E-state index contributed by atoms with van der Waals surface area (Å²) in [5.74, 6) is 0.118. The van der Waals surface area contributed by atoms with E-state index in [0.29, 0.717) is 32.6 Å². The Balaban J connectivity index is 1.34. The van der Waals surface area contributed by atoms with E-state index < -0.39 is 0 Å². The molecule has 8 heteroatoms. The fourth-order valence-electron chi connectivity index (χ4n) is 4.27. The van der Waals surface area contributed by atoms with Gasteiger partial charge in [-0.1, -0.05) is 30.3 Å². The van der Waals surface area contributed by atoms with Crippen LogP contribution >= 0.6 is 0 Å². The number of rotatable bonds is 4. The van der Waals surface area contributed by atoms with Gasteiger partial charge in [-0.3, -0.25) is 15.4 Å². The standard InChI is InChI=1S/C21H30N6O2/c1-21(2)16-12-23-19(25-15-8-9-18(28)22-11-15)26-17(16)13-27(21)20(29)24-10-14-6-4-3-5-7-14/h3-7,15,19,23,25-26H,8-13H2,1-2H3,(H,22,28)(H,24,29). The first-order valence-electron chi connectivity index (χ1n) is 10.3. The lowest BCUT2D eigenvalue weighted by Gasteiger charge is -2.36. The Labute approximate surface area is 171 Å². The molecule has 1 saturated heterocycles. The van der Waals surface area contributed by atoms with Crippen molar-refractivity contribution in [1.29, 1.82) is 0 Å². The highest BCUT2D eigenvalue weighted by Crippen LogP contribution is 2.34. The molecule has 3 heterocycles. The van der Waals surface area contributed by atoms with E-state index in [9.17, 15) is 9.59 Å².